The van der Waals surface area contributed by atoms with Gasteiger partial charge in [0.1, 0.15) is 0 Å². The quantitative estimate of drug-likeness (QED) is 0.370. The van der Waals surface area contributed by atoms with Crippen molar-refractivity contribution in [2.45, 2.75) is 18.3 Å². The molecular formula is C23H15ClF3N3OS. The standard InChI is InChI=1S/C23H15ClF3N3OS/c24-18-9-7-15(8-10-18)20-13-32-21(28-20)30-22(31,23(25,26)27)12-19(29-30)17-6-5-14-3-1-2-4-16(14)11-17/h1-11,13,31H,12H2/t22-/m1/s1. The molecule has 1 N–H and O–H groups in total. The van der Waals surface area contributed by atoms with Crippen molar-refractivity contribution in [1.82, 2.24) is 4.98 Å². The van der Waals surface area contributed by atoms with Crippen molar-refractivity contribution in [2.24, 2.45) is 5.10 Å². The first kappa shape index (κ1) is 20.9. The van der Waals surface area contributed by atoms with Crippen molar-refractivity contribution in [3.8, 4) is 11.3 Å². The number of hydrogen-bond donors (Lipinski definition) is 1. The number of nitrogens with zero attached hydrogens (tertiary/aromatic N) is 3. The van der Waals surface area contributed by atoms with Crippen LogP contribution in [0.5, 0.6) is 0 Å². The highest BCUT2D eigenvalue weighted by Crippen LogP contribution is 2.45. The van der Waals surface area contributed by atoms with E-state index >= 15 is 0 Å². The molecule has 4 aromatic rings. The second kappa shape index (κ2) is 7.58. The van der Waals surface area contributed by atoms with Crippen LogP contribution in [0.25, 0.3) is 22.0 Å². The van der Waals surface area contributed by atoms with E-state index in [1.807, 2.05) is 30.3 Å². The van der Waals surface area contributed by atoms with Gasteiger partial charge in [-0.05, 0) is 34.5 Å². The minimum absolute atomic E-state index is 0.0504. The first-order chi connectivity index (χ1) is 15.2. The van der Waals surface area contributed by atoms with E-state index in [0.29, 0.717) is 26.9 Å². The number of aromatic nitrogens is 1. The molecule has 162 valence electrons. The zero-order valence-corrected chi connectivity index (χ0v) is 17.9. The van der Waals surface area contributed by atoms with Crippen LogP contribution in [0.3, 0.4) is 0 Å². The van der Waals surface area contributed by atoms with Gasteiger partial charge in [0.25, 0.3) is 5.72 Å². The number of thiazole rings is 1. The van der Waals surface area contributed by atoms with Crippen LogP contribution in [-0.4, -0.2) is 27.7 Å². The van der Waals surface area contributed by atoms with Crippen LogP contribution in [-0.2, 0) is 0 Å². The van der Waals surface area contributed by atoms with Gasteiger partial charge in [-0.2, -0.15) is 23.3 Å². The highest BCUT2D eigenvalue weighted by molar-refractivity contribution is 7.14. The van der Waals surface area contributed by atoms with E-state index < -0.39 is 18.3 Å². The summed E-state index contributed by atoms with van der Waals surface area (Å²) in [7, 11) is 0. The fourth-order valence-corrected chi connectivity index (χ4v) is 4.59. The summed E-state index contributed by atoms with van der Waals surface area (Å²) in [5, 5.41) is 19.5. The molecule has 0 fully saturated rings. The van der Waals surface area contributed by atoms with Crippen LogP contribution in [0.15, 0.2) is 77.2 Å². The van der Waals surface area contributed by atoms with E-state index in [1.165, 1.54) is 0 Å². The molecule has 0 unspecified atom stereocenters. The van der Waals surface area contributed by atoms with Gasteiger partial charge in [-0.3, -0.25) is 0 Å². The zero-order valence-electron chi connectivity index (χ0n) is 16.3. The van der Waals surface area contributed by atoms with E-state index in [9.17, 15) is 18.3 Å². The fourth-order valence-electron chi connectivity index (χ4n) is 3.61. The van der Waals surface area contributed by atoms with Crippen LogP contribution < -0.4 is 5.01 Å². The Labute approximate surface area is 190 Å². The lowest BCUT2D eigenvalue weighted by atomic mass is 9.98. The Morgan fingerprint density at radius 3 is 2.38 bits per heavy atom. The lowest BCUT2D eigenvalue weighted by Gasteiger charge is -2.32. The van der Waals surface area contributed by atoms with E-state index in [1.54, 1.807) is 41.8 Å². The summed E-state index contributed by atoms with van der Waals surface area (Å²) < 4.78 is 42.0. The summed E-state index contributed by atoms with van der Waals surface area (Å²) in [6.07, 6.45) is -5.65. The molecule has 4 nitrogen and oxygen atoms in total. The van der Waals surface area contributed by atoms with Gasteiger partial charge in [0.2, 0.25) is 5.13 Å². The molecule has 1 aliphatic rings. The maximum atomic E-state index is 14.0. The van der Waals surface area contributed by atoms with Crippen molar-refractivity contribution in [2.75, 3.05) is 5.01 Å². The molecule has 0 radical (unpaired) electrons. The zero-order chi connectivity index (χ0) is 22.5. The third-order valence-electron chi connectivity index (χ3n) is 5.33. The smallest absolute Gasteiger partial charge is 0.362 e. The lowest BCUT2D eigenvalue weighted by molar-refractivity contribution is -0.254. The van der Waals surface area contributed by atoms with E-state index in [-0.39, 0.29) is 10.8 Å². The number of benzene rings is 3. The minimum atomic E-state index is -4.94. The number of anilines is 1. The van der Waals surface area contributed by atoms with Gasteiger partial charge in [-0.1, -0.05) is 60.1 Å². The minimum Gasteiger partial charge on any atom is -0.362 e. The van der Waals surface area contributed by atoms with Crippen molar-refractivity contribution >= 4 is 44.6 Å². The molecule has 0 amide bonds. The van der Waals surface area contributed by atoms with Gasteiger partial charge >= 0.3 is 6.18 Å². The molecule has 1 aromatic heterocycles. The lowest BCUT2D eigenvalue weighted by Crippen LogP contribution is -2.55. The average molecular weight is 474 g/mol. The molecule has 9 heteroatoms. The third kappa shape index (κ3) is 3.54. The van der Waals surface area contributed by atoms with E-state index in [0.717, 1.165) is 22.1 Å². The van der Waals surface area contributed by atoms with Gasteiger partial charge in [-0.25, -0.2) is 4.98 Å². The molecular weight excluding hydrogens is 459 g/mol. The summed E-state index contributed by atoms with van der Waals surface area (Å²) in [5.74, 6) is 0. The Morgan fingerprint density at radius 1 is 0.969 bits per heavy atom. The maximum Gasteiger partial charge on any atom is 0.438 e. The molecule has 1 atom stereocenters. The number of hydrazone groups is 1. The predicted octanol–water partition coefficient (Wildman–Crippen LogP) is 6.48. The first-order valence-electron chi connectivity index (χ1n) is 9.62. The summed E-state index contributed by atoms with van der Waals surface area (Å²) in [4.78, 5) is 4.31. The second-order valence-electron chi connectivity index (χ2n) is 7.43. The number of halogens is 4. The summed E-state index contributed by atoms with van der Waals surface area (Å²) in [6, 6.07) is 19.7. The van der Waals surface area contributed by atoms with Crippen LogP contribution in [0.2, 0.25) is 5.02 Å². The Balaban J connectivity index is 1.56. The summed E-state index contributed by atoms with van der Waals surface area (Å²) in [5.41, 5.74) is -1.36. The molecule has 3 aromatic carbocycles. The molecule has 1 aliphatic heterocycles. The number of aliphatic hydroxyl groups is 1. The Bertz CT molecular complexity index is 1340. The van der Waals surface area contributed by atoms with Gasteiger partial charge in [0.05, 0.1) is 17.8 Å². The highest BCUT2D eigenvalue weighted by atomic mass is 35.5. The van der Waals surface area contributed by atoms with Crippen molar-refractivity contribution < 1.29 is 18.3 Å². The summed E-state index contributed by atoms with van der Waals surface area (Å²) in [6.45, 7) is 0. The van der Waals surface area contributed by atoms with E-state index in [4.69, 9.17) is 11.6 Å². The number of hydrogen-bond acceptors (Lipinski definition) is 5. The Morgan fingerprint density at radius 2 is 1.66 bits per heavy atom. The molecule has 0 spiro atoms. The van der Waals surface area contributed by atoms with Crippen LogP contribution in [0, 0.1) is 0 Å². The summed E-state index contributed by atoms with van der Waals surface area (Å²) >= 11 is 6.88. The number of fused-ring (bicyclic) bond motifs is 1. The number of rotatable bonds is 3. The normalized spacial score (nSPS) is 18.9. The number of alkyl halides is 3. The second-order valence-corrected chi connectivity index (χ2v) is 8.71. The topological polar surface area (TPSA) is 48.7 Å². The third-order valence-corrected chi connectivity index (χ3v) is 6.40. The van der Waals surface area contributed by atoms with Crippen LogP contribution in [0.1, 0.15) is 12.0 Å². The maximum absolute atomic E-state index is 14.0. The van der Waals surface area contributed by atoms with Gasteiger partial charge in [0.15, 0.2) is 0 Å². The van der Waals surface area contributed by atoms with Gasteiger partial charge in [-0.15, -0.1) is 11.3 Å². The molecule has 5 rings (SSSR count). The molecule has 2 heterocycles. The van der Waals surface area contributed by atoms with E-state index in [2.05, 4.69) is 10.1 Å². The monoisotopic (exact) mass is 473 g/mol. The van der Waals surface area contributed by atoms with Crippen molar-refractivity contribution in [1.29, 1.82) is 0 Å². The molecule has 0 saturated carbocycles. The van der Waals surface area contributed by atoms with Gasteiger partial charge < -0.3 is 5.11 Å². The largest absolute Gasteiger partial charge is 0.438 e. The SMILES string of the molecule is O[C@@]1(C(F)(F)F)CC(c2ccc3ccccc3c2)=NN1c1nc(-c2ccc(Cl)cc2)cs1. The fraction of sp³-hybridized carbons (Fsp3) is 0.130. The molecule has 0 aliphatic carbocycles. The first-order valence-corrected chi connectivity index (χ1v) is 10.9. The molecule has 32 heavy (non-hydrogen) atoms. The molecule has 0 bridgehead atoms. The Hall–Kier alpha value is -2.94. The van der Waals surface area contributed by atoms with Crippen LogP contribution >= 0.6 is 22.9 Å². The molecule has 0 saturated heterocycles. The van der Waals surface area contributed by atoms with Crippen molar-refractivity contribution in [3.63, 3.8) is 0 Å². The average Bonchev–Trinajstić information content (AvgIpc) is 3.39. The van der Waals surface area contributed by atoms with Crippen molar-refractivity contribution in [3.05, 3.63) is 82.7 Å². The Kier molecular flexibility index (Phi) is 4.96. The predicted molar refractivity (Wildman–Crippen MR) is 121 cm³/mol. The van der Waals surface area contributed by atoms with Gasteiger partial charge in [0, 0.05) is 16.0 Å². The van der Waals surface area contributed by atoms with Crippen LogP contribution in [0.4, 0.5) is 18.3 Å². The highest BCUT2D eigenvalue weighted by Gasteiger charge is 2.62.